The van der Waals surface area contributed by atoms with Gasteiger partial charge in [0.2, 0.25) is 0 Å². The number of benzene rings is 1. The minimum Gasteiger partial charge on any atom is -0.370 e. The van der Waals surface area contributed by atoms with Crippen molar-refractivity contribution in [1.29, 1.82) is 0 Å². The molecule has 1 atom stereocenters. The van der Waals surface area contributed by atoms with Crippen LogP contribution in [0.2, 0.25) is 0 Å². The second-order valence-electron chi connectivity index (χ2n) is 7.67. The van der Waals surface area contributed by atoms with Crippen molar-refractivity contribution in [3.05, 3.63) is 53.9 Å². The molecule has 0 amide bonds. The van der Waals surface area contributed by atoms with Crippen LogP contribution in [0.25, 0.3) is 0 Å². The van der Waals surface area contributed by atoms with Crippen LogP contribution in [-0.2, 0) is 17.2 Å². The van der Waals surface area contributed by atoms with E-state index in [9.17, 15) is 0 Å². The maximum Gasteiger partial charge on any atom is 0.194 e. The van der Waals surface area contributed by atoms with E-state index in [1.807, 2.05) is 24.1 Å². The van der Waals surface area contributed by atoms with Crippen molar-refractivity contribution < 1.29 is 4.74 Å². The van der Waals surface area contributed by atoms with Gasteiger partial charge in [0.25, 0.3) is 0 Å². The van der Waals surface area contributed by atoms with Crippen molar-refractivity contribution in [2.24, 2.45) is 12.0 Å². The monoisotopic (exact) mass is 369 g/mol. The van der Waals surface area contributed by atoms with Crippen molar-refractivity contribution in [3.8, 4) is 0 Å². The Morgan fingerprint density at radius 1 is 1.33 bits per heavy atom. The molecule has 0 spiro atoms. The van der Waals surface area contributed by atoms with E-state index in [2.05, 4.69) is 66.4 Å². The van der Waals surface area contributed by atoms with E-state index in [1.165, 1.54) is 5.56 Å². The summed E-state index contributed by atoms with van der Waals surface area (Å²) in [5.74, 6) is 0.957. The summed E-state index contributed by atoms with van der Waals surface area (Å²) in [6, 6.07) is 10.6. The Hall–Kier alpha value is -2.34. The number of guanidine groups is 1. The van der Waals surface area contributed by atoms with Gasteiger partial charge >= 0.3 is 0 Å². The highest BCUT2D eigenvalue weighted by Crippen LogP contribution is 2.24. The summed E-state index contributed by atoms with van der Waals surface area (Å²) in [5, 5.41) is 7.73. The van der Waals surface area contributed by atoms with E-state index in [1.54, 1.807) is 0 Å². The summed E-state index contributed by atoms with van der Waals surface area (Å²) in [4.78, 5) is 7.27. The molecule has 0 saturated carbocycles. The first kappa shape index (κ1) is 19.4. The zero-order valence-corrected chi connectivity index (χ0v) is 16.9. The van der Waals surface area contributed by atoms with Gasteiger partial charge in [0.05, 0.1) is 25.9 Å². The first-order valence-corrected chi connectivity index (χ1v) is 9.68. The number of nitrogens with one attached hydrogen (secondary N) is 1. The third kappa shape index (κ3) is 4.89. The number of hydrogen-bond acceptors (Lipinski definition) is 3. The molecule has 1 N–H and O–H groups in total. The van der Waals surface area contributed by atoms with Crippen molar-refractivity contribution in [1.82, 2.24) is 20.0 Å². The van der Waals surface area contributed by atoms with Gasteiger partial charge in [-0.3, -0.25) is 9.67 Å². The molecule has 1 aromatic carbocycles. The molecule has 1 unspecified atom stereocenters. The van der Waals surface area contributed by atoms with Gasteiger partial charge in [0.15, 0.2) is 5.96 Å². The second kappa shape index (κ2) is 8.57. The van der Waals surface area contributed by atoms with Gasteiger partial charge in [0.1, 0.15) is 6.10 Å². The molecule has 1 aromatic heterocycles. The number of aryl methyl sites for hydroxylation is 1. The Balaban J connectivity index is 1.73. The summed E-state index contributed by atoms with van der Waals surface area (Å²) >= 11 is 0. The lowest BCUT2D eigenvalue weighted by Gasteiger charge is -2.35. The molecule has 0 bridgehead atoms. The quantitative estimate of drug-likeness (QED) is 0.650. The Morgan fingerprint density at radius 3 is 2.78 bits per heavy atom. The Bertz CT molecular complexity index is 753. The van der Waals surface area contributed by atoms with Crippen LogP contribution in [0, 0.1) is 0 Å². The fourth-order valence-corrected chi connectivity index (χ4v) is 3.33. The smallest absolute Gasteiger partial charge is 0.194 e. The molecule has 1 fully saturated rings. The number of ether oxygens (including phenoxy) is 1. The molecule has 2 heterocycles. The fourth-order valence-electron chi connectivity index (χ4n) is 3.33. The molecule has 6 nitrogen and oxygen atoms in total. The van der Waals surface area contributed by atoms with E-state index < -0.39 is 0 Å². The Morgan fingerprint density at radius 2 is 2.11 bits per heavy atom. The van der Waals surface area contributed by atoms with E-state index in [-0.39, 0.29) is 11.5 Å². The van der Waals surface area contributed by atoms with Crippen LogP contribution in [0.4, 0.5) is 0 Å². The van der Waals surface area contributed by atoms with Crippen LogP contribution >= 0.6 is 0 Å². The van der Waals surface area contributed by atoms with Gasteiger partial charge in [-0.25, -0.2) is 0 Å². The van der Waals surface area contributed by atoms with Crippen LogP contribution in [0.5, 0.6) is 0 Å². The molecule has 146 valence electrons. The van der Waals surface area contributed by atoms with Gasteiger partial charge < -0.3 is 15.0 Å². The lowest BCUT2D eigenvalue weighted by atomic mass is 9.85. The first-order valence-electron chi connectivity index (χ1n) is 9.68. The number of morpholine rings is 1. The molecule has 0 aliphatic carbocycles. The van der Waals surface area contributed by atoms with Crippen LogP contribution in [0.15, 0.2) is 47.7 Å². The van der Waals surface area contributed by atoms with Gasteiger partial charge in [-0.05, 0) is 12.5 Å². The molecule has 1 aliphatic heterocycles. The minimum absolute atomic E-state index is 0.0169. The normalized spacial score (nSPS) is 18.6. The maximum atomic E-state index is 5.97. The topological polar surface area (TPSA) is 54.7 Å². The van der Waals surface area contributed by atoms with Gasteiger partial charge in [-0.15, -0.1) is 0 Å². The molecule has 6 heteroatoms. The maximum absolute atomic E-state index is 5.97. The highest BCUT2D eigenvalue weighted by molar-refractivity contribution is 5.80. The van der Waals surface area contributed by atoms with Crippen LogP contribution in [0.3, 0.4) is 0 Å². The zero-order chi connectivity index (χ0) is 19.3. The standard InChI is InChI=1S/C21H31N5O/c1-5-22-20(23-16-21(2,3)18-9-7-6-8-10-18)26-11-12-27-19(15-26)17-13-24-25(4)14-17/h6-10,13-14,19H,5,11-12,15-16H2,1-4H3,(H,22,23). The Labute approximate surface area is 162 Å². The molecule has 1 saturated heterocycles. The van der Waals surface area contributed by atoms with Crippen LogP contribution in [-0.4, -0.2) is 53.4 Å². The predicted molar refractivity (Wildman–Crippen MR) is 109 cm³/mol. The van der Waals surface area contributed by atoms with Gasteiger partial charge in [-0.2, -0.15) is 5.10 Å². The van der Waals surface area contributed by atoms with Crippen LogP contribution < -0.4 is 5.32 Å². The van der Waals surface area contributed by atoms with Crippen molar-refractivity contribution >= 4 is 5.96 Å². The molecule has 27 heavy (non-hydrogen) atoms. The predicted octanol–water partition coefficient (Wildman–Crippen LogP) is 2.74. The molecule has 0 radical (unpaired) electrons. The second-order valence-corrected chi connectivity index (χ2v) is 7.67. The average Bonchev–Trinajstić information content (AvgIpc) is 3.12. The molecular weight excluding hydrogens is 338 g/mol. The lowest BCUT2D eigenvalue weighted by Crippen LogP contribution is -2.48. The number of rotatable bonds is 5. The zero-order valence-electron chi connectivity index (χ0n) is 16.9. The van der Waals surface area contributed by atoms with E-state index in [4.69, 9.17) is 9.73 Å². The average molecular weight is 370 g/mol. The summed E-state index contributed by atoms with van der Waals surface area (Å²) in [6.45, 7) is 10.5. The molecule has 1 aliphatic rings. The molecule has 2 aromatic rings. The highest BCUT2D eigenvalue weighted by atomic mass is 16.5. The van der Waals surface area contributed by atoms with Crippen LogP contribution in [0.1, 0.15) is 38.0 Å². The van der Waals surface area contributed by atoms with E-state index in [0.29, 0.717) is 6.61 Å². The summed E-state index contributed by atoms with van der Waals surface area (Å²) in [5.41, 5.74) is 2.40. The molecule has 3 rings (SSSR count). The largest absolute Gasteiger partial charge is 0.370 e. The van der Waals surface area contributed by atoms with Crippen molar-refractivity contribution in [3.63, 3.8) is 0 Å². The number of nitrogens with zero attached hydrogens (tertiary/aromatic N) is 4. The minimum atomic E-state index is -0.0169. The number of aromatic nitrogens is 2. The lowest BCUT2D eigenvalue weighted by molar-refractivity contribution is -0.00806. The SMILES string of the molecule is CCNC(=NCC(C)(C)c1ccccc1)N1CCOC(c2cnn(C)c2)C1. The fraction of sp³-hybridized carbons (Fsp3) is 0.524. The summed E-state index contributed by atoms with van der Waals surface area (Å²) in [7, 11) is 1.93. The van der Waals surface area contributed by atoms with Crippen molar-refractivity contribution in [2.75, 3.05) is 32.8 Å². The third-order valence-electron chi connectivity index (χ3n) is 4.98. The van der Waals surface area contributed by atoms with E-state index >= 15 is 0 Å². The number of hydrogen-bond donors (Lipinski definition) is 1. The highest BCUT2D eigenvalue weighted by Gasteiger charge is 2.26. The first-order chi connectivity index (χ1) is 13.0. The van der Waals surface area contributed by atoms with Gasteiger partial charge in [0, 0.05) is 37.3 Å². The molecular formula is C21H31N5O. The van der Waals surface area contributed by atoms with Crippen molar-refractivity contribution in [2.45, 2.75) is 32.3 Å². The van der Waals surface area contributed by atoms with Gasteiger partial charge in [-0.1, -0.05) is 44.2 Å². The summed E-state index contributed by atoms with van der Waals surface area (Å²) < 4.78 is 7.79. The Kier molecular flexibility index (Phi) is 6.16. The summed E-state index contributed by atoms with van der Waals surface area (Å²) in [6.07, 6.45) is 3.94. The third-order valence-corrected chi connectivity index (χ3v) is 4.98. The van der Waals surface area contributed by atoms with E-state index in [0.717, 1.165) is 37.7 Å². The number of aliphatic imine (C=N–C) groups is 1.